The number of carbonyl (C=O) groups excluding carboxylic acids is 1. The van der Waals surface area contributed by atoms with E-state index in [0.29, 0.717) is 12.1 Å². The van der Waals surface area contributed by atoms with Gasteiger partial charge in [-0.15, -0.1) is 0 Å². The summed E-state index contributed by atoms with van der Waals surface area (Å²) in [6.45, 7) is 0.311. The topological polar surface area (TPSA) is 46.1 Å². The van der Waals surface area contributed by atoms with Gasteiger partial charge in [-0.05, 0) is 29.8 Å². The van der Waals surface area contributed by atoms with E-state index in [1.807, 2.05) is 24.3 Å². The average molecular weight is 295 g/mol. The molecule has 3 aromatic rings. The lowest BCUT2D eigenvalue weighted by Gasteiger charge is -2.16. The predicted octanol–water partition coefficient (Wildman–Crippen LogP) is 3.04. The van der Waals surface area contributed by atoms with Crippen LogP contribution in [0.1, 0.15) is 16.1 Å². The van der Waals surface area contributed by atoms with Crippen LogP contribution < -0.4 is 0 Å². The fourth-order valence-corrected chi connectivity index (χ4v) is 2.24. The van der Waals surface area contributed by atoms with E-state index in [9.17, 15) is 9.18 Å². The van der Waals surface area contributed by atoms with Crippen molar-refractivity contribution < 1.29 is 9.18 Å². The van der Waals surface area contributed by atoms with Crippen molar-refractivity contribution in [2.24, 2.45) is 0 Å². The third-order valence-electron chi connectivity index (χ3n) is 3.32. The quantitative estimate of drug-likeness (QED) is 0.746. The SMILES string of the molecule is CN(Cc1cccc(F)c1)C(=O)c1cnc2ccccc2n1. The highest BCUT2D eigenvalue weighted by Crippen LogP contribution is 2.12. The number of para-hydroxylation sites is 2. The normalized spacial score (nSPS) is 10.6. The van der Waals surface area contributed by atoms with Gasteiger partial charge in [0.1, 0.15) is 11.5 Å². The van der Waals surface area contributed by atoms with Gasteiger partial charge in [0.05, 0.1) is 17.2 Å². The van der Waals surface area contributed by atoms with Crippen LogP contribution in [-0.2, 0) is 6.54 Å². The van der Waals surface area contributed by atoms with Crippen LogP contribution in [0, 0.1) is 5.82 Å². The molecule has 1 amide bonds. The second-order valence-corrected chi connectivity index (χ2v) is 5.04. The number of carbonyl (C=O) groups is 1. The molecule has 0 unspecified atom stereocenters. The molecule has 5 heteroatoms. The van der Waals surface area contributed by atoms with E-state index < -0.39 is 0 Å². The maximum atomic E-state index is 13.2. The van der Waals surface area contributed by atoms with Crippen molar-refractivity contribution in [3.63, 3.8) is 0 Å². The number of aromatic nitrogens is 2. The van der Waals surface area contributed by atoms with Crippen LogP contribution in [0.5, 0.6) is 0 Å². The van der Waals surface area contributed by atoms with Gasteiger partial charge in [-0.1, -0.05) is 24.3 Å². The summed E-state index contributed by atoms with van der Waals surface area (Å²) >= 11 is 0. The number of hydrogen-bond donors (Lipinski definition) is 0. The summed E-state index contributed by atoms with van der Waals surface area (Å²) in [6, 6.07) is 13.6. The van der Waals surface area contributed by atoms with Gasteiger partial charge in [-0.2, -0.15) is 0 Å². The molecular formula is C17H14FN3O. The highest BCUT2D eigenvalue weighted by atomic mass is 19.1. The Morgan fingerprint density at radius 1 is 1.14 bits per heavy atom. The minimum absolute atomic E-state index is 0.248. The molecule has 0 atom stereocenters. The summed E-state index contributed by atoms with van der Waals surface area (Å²) in [6.07, 6.45) is 1.47. The Hall–Kier alpha value is -2.82. The summed E-state index contributed by atoms with van der Waals surface area (Å²) in [5.74, 6) is -0.564. The van der Waals surface area contributed by atoms with E-state index in [2.05, 4.69) is 9.97 Å². The smallest absolute Gasteiger partial charge is 0.274 e. The molecule has 0 saturated carbocycles. The first-order valence-corrected chi connectivity index (χ1v) is 6.85. The largest absolute Gasteiger partial charge is 0.336 e. The fourth-order valence-electron chi connectivity index (χ4n) is 2.24. The molecule has 0 radical (unpaired) electrons. The number of halogens is 1. The van der Waals surface area contributed by atoms with Gasteiger partial charge in [-0.25, -0.2) is 9.37 Å². The van der Waals surface area contributed by atoms with E-state index in [1.165, 1.54) is 23.2 Å². The number of benzene rings is 2. The van der Waals surface area contributed by atoms with E-state index in [4.69, 9.17) is 0 Å². The number of nitrogens with zero attached hydrogens (tertiary/aromatic N) is 3. The Morgan fingerprint density at radius 3 is 2.68 bits per heavy atom. The van der Waals surface area contributed by atoms with Gasteiger partial charge in [-0.3, -0.25) is 9.78 Å². The molecule has 0 aliphatic carbocycles. The van der Waals surface area contributed by atoms with Gasteiger partial charge in [0.2, 0.25) is 0 Å². The molecular weight excluding hydrogens is 281 g/mol. The minimum atomic E-state index is -0.316. The highest BCUT2D eigenvalue weighted by Gasteiger charge is 2.14. The zero-order valence-electron chi connectivity index (χ0n) is 12.0. The molecule has 1 heterocycles. The zero-order valence-corrected chi connectivity index (χ0v) is 12.0. The highest BCUT2D eigenvalue weighted by molar-refractivity contribution is 5.93. The molecule has 0 N–H and O–H groups in total. The predicted molar refractivity (Wildman–Crippen MR) is 81.7 cm³/mol. The Balaban J connectivity index is 1.82. The molecule has 0 aliphatic rings. The molecule has 0 bridgehead atoms. The first kappa shape index (κ1) is 14.1. The average Bonchev–Trinajstić information content (AvgIpc) is 2.53. The van der Waals surface area contributed by atoms with Crippen LogP contribution in [0.25, 0.3) is 11.0 Å². The molecule has 0 aliphatic heterocycles. The Morgan fingerprint density at radius 2 is 1.91 bits per heavy atom. The van der Waals surface area contributed by atoms with Gasteiger partial charge >= 0.3 is 0 Å². The maximum absolute atomic E-state index is 13.2. The monoisotopic (exact) mass is 295 g/mol. The molecule has 0 saturated heterocycles. The summed E-state index contributed by atoms with van der Waals surface area (Å²) in [5, 5.41) is 0. The molecule has 22 heavy (non-hydrogen) atoms. The fraction of sp³-hybridized carbons (Fsp3) is 0.118. The summed E-state index contributed by atoms with van der Waals surface area (Å²) in [5.41, 5.74) is 2.42. The lowest BCUT2D eigenvalue weighted by atomic mass is 10.2. The molecule has 2 aromatic carbocycles. The summed E-state index contributed by atoms with van der Waals surface area (Å²) in [7, 11) is 1.66. The minimum Gasteiger partial charge on any atom is -0.336 e. The third kappa shape index (κ3) is 2.93. The standard InChI is InChI=1S/C17H14FN3O/c1-21(11-12-5-4-6-13(18)9-12)17(22)16-10-19-14-7-2-3-8-15(14)20-16/h2-10H,11H2,1H3. The molecule has 4 nitrogen and oxygen atoms in total. The lowest BCUT2D eigenvalue weighted by molar-refractivity contribution is 0.0779. The van der Waals surface area contributed by atoms with Crippen molar-refractivity contribution in [2.45, 2.75) is 6.54 Å². The van der Waals surface area contributed by atoms with Crippen molar-refractivity contribution in [3.05, 3.63) is 71.8 Å². The summed E-state index contributed by atoms with van der Waals surface area (Å²) < 4.78 is 13.2. The number of amides is 1. The van der Waals surface area contributed by atoms with Crippen LogP contribution in [0.2, 0.25) is 0 Å². The Kier molecular flexibility index (Phi) is 3.78. The van der Waals surface area contributed by atoms with Gasteiger partial charge in [0.25, 0.3) is 5.91 Å². The van der Waals surface area contributed by atoms with Gasteiger partial charge < -0.3 is 4.90 Å². The number of fused-ring (bicyclic) bond motifs is 1. The molecule has 0 spiro atoms. The van der Waals surface area contributed by atoms with Crippen molar-refractivity contribution in [3.8, 4) is 0 Å². The maximum Gasteiger partial charge on any atom is 0.274 e. The second-order valence-electron chi connectivity index (χ2n) is 5.04. The van der Waals surface area contributed by atoms with Crippen LogP contribution in [0.3, 0.4) is 0 Å². The van der Waals surface area contributed by atoms with E-state index >= 15 is 0 Å². The molecule has 0 fully saturated rings. The van der Waals surface area contributed by atoms with Crippen molar-refractivity contribution in [1.29, 1.82) is 0 Å². The van der Waals surface area contributed by atoms with Crippen LogP contribution >= 0.6 is 0 Å². The zero-order chi connectivity index (χ0) is 15.5. The number of rotatable bonds is 3. The van der Waals surface area contributed by atoms with Crippen molar-refractivity contribution >= 4 is 16.9 Å². The van der Waals surface area contributed by atoms with E-state index in [-0.39, 0.29) is 17.4 Å². The lowest BCUT2D eigenvalue weighted by Crippen LogP contribution is -2.27. The van der Waals surface area contributed by atoms with Crippen LogP contribution in [0.15, 0.2) is 54.7 Å². The first-order chi connectivity index (χ1) is 10.6. The van der Waals surface area contributed by atoms with Crippen molar-refractivity contribution in [2.75, 3.05) is 7.05 Å². The van der Waals surface area contributed by atoms with Gasteiger partial charge in [0, 0.05) is 13.6 Å². The van der Waals surface area contributed by atoms with E-state index in [0.717, 1.165) is 11.1 Å². The molecule has 1 aromatic heterocycles. The summed E-state index contributed by atoms with van der Waals surface area (Å²) in [4.78, 5) is 22.5. The third-order valence-corrected chi connectivity index (χ3v) is 3.32. The van der Waals surface area contributed by atoms with Crippen LogP contribution in [0.4, 0.5) is 4.39 Å². The number of hydrogen-bond acceptors (Lipinski definition) is 3. The van der Waals surface area contributed by atoms with Crippen molar-refractivity contribution in [1.82, 2.24) is 14.9 Å². The van der Waals surface area contributed by atoms with E-state index in [1.54, 1.807) is 19.2 Å². The Bertz CT molecular complexity index is 835. The Labute approximate surface area is 127 Å². The molecule has 110 valence electrons. The van der Waals surface area contributed by atoms with Crippen LogP contribution in [-0.4, -0.2) is 27.8 Å². The van der Waals surface area contributed by atoms with Gasteiger partial charge in [0.15, 0.2) is 0 Å². The first-order valence-electron chi connectivity index (χ1n) is 6.85. The molecule has 3 rings (SSSR count). The second kappa shape index (κ2) is 5.89.